The Labute approximate surface area is 171 Å². The second-order valence-electron chi connectivity index (χ2n) is 6.29. The van der Waals surface area contributed by atoms with Gasteiger partial charge in [0.1, 0.15) is 12.0 Å². The topological polar surface area (TPSA) is 100 Å². The molecule has 3 heterocycles. The first-order valence-corrected chi connectivity index (χ1v) is 10.1. The summed E-state index contributed by atoms with van der Waals surface area (Å²) < 4.78 is 36.5. The van der Waals surface area contributed by atoms with Crippen molar-refractivity contribution in [3.8, 4) is 0 Å². The average Bonchev–Trinajstić information content (AvgIpc) is 3.29. The number of piperazine rings is 1. The van der Waals surface area contributed by atoms with Gasteiger partial charge in [0, 0.05) is 58.4 Å². The van der Waals surface area contributed by atoms with Crippen molar-refractivity contribution in [3.63, 3.8) is 0 Å². The van der Waals surface area contributed by atoms with Gasteiger partial charge in [-0.05, 0) is 6.42 Å². The molecule has 9 nitrogen and oxygen atoms in total. The highest BCUT2D eigenvalue weighted by molar-refractivity contribution is 14.0. The molecular weight excluding hydrogens is 473 g/mol. The lowest BCUT2D eigenvalue weighted by atomic mass is 10.1. The van der Waals surface area contributed by atoms with Crippen LogP contribution in [0.25, 0.3) is 0 Å². The molecule has 1 N–H and O–H groups in total. The molecule has 0 amide bonds. The van der Waals surface area contributed by atoms with E-state index < -0.39 is 10.0 Å². The number of guanidine groups is 1. The molecule has 1 aromatic heterocycles. The minimum atomic E-state index is -3.38. The number of nitrogens with one attached hydrogen (secondary N) is 1. The number of halogens is 1. The minimum Gasteiger partial charge on any atom is -0.381 e. The Morgan fingerprint density at radius 3 is 2.73 bits per heavy atom. The van der Waals surface area contributed by atoms with E-state index in [-0.39, 0.29) is 29.7 Å². The fourth-order valence-electron chi connectivity index (χ4n) is 3.08. The van der Waals surface area contributed by atoms with Crippen LogP contribution in [0.3, 0.4) is 0 Å². The molecule has 2 aliphatic heterocycles. The fraction of sp³-hybridized carbons (Fsp3) is 0.733. The highest BCUT2D eigenvalue weighted by Crippen LogP contribution is 2.14. The monoisotopic (exact) mass is 499 g/mol. The van der Waals surface area contributed by atoms with Crippen molar-refractivity contribution in [1.29, 1.82) is 0 Å². The van der Waals surface area contributed by atoms with E-state index in [1.165, 1.54) is 10.6 Å². The molecule has 1 aromatic rings. The zero-order valence-electron chi connectivity index (χ0n) is 14.8. The van der Waals surface area contributed by atoms with E-state index in [1.807, 2.05) is 0 Å². The van der Waals surface area contributed by atoms with Crippen LogP contribution in [0.5, 0.6) is 0 Å². The normalized spacial score (nSPS) is 22.3. The van der Waals surface area contributed by atoms with Crippen molar-refractivity contribution in [2.45, 2.75) is 12.2 Å². The van der Waals surface area contributed by atoms with Crippen LogP contribution >= 0.6 is 24.0 Å². The number of nitrogens with zero attached hydrogens (tertiary/aromatic N) is 4. The third-order valence-corrected chi connectivity index (χ3v) is 6.35. The summed E-state index contributed by atoms with van der Waals surface area (Å²) in [6.45, 7) is 4.54. The van der Waals surface area contributed by atoms with Gasteiger partial charge in [-0.15, -0.1) is 24.0 Å². The van der Waals surface area contributed by atoms with Gasteiger partial charge in [-0.3, -0.25) is 4.99 Å². The number of hydrogen-bond acceptors (Lipinski definition) is 6. The van der Waals surface area contributed by atoms with E-state index in [9.17, 15) is 8.42 Å². The van der Waals surface area contributed by atoms with Gasteiger partial charge in [0.2, 0.25) is 10.0 Å². The number of aliphatic imine (C=N–C) groups is 1. The van der Waals surface area contributed by atoms with E-state index in [0.717, 1.165) is 32.1 Å². The summed E-state index contributed by atoms with van der Waals surface area (Å²) in [5.41, 5.74) is 0.429. The molecule has 0 aromatic carbocycles. The lowest BCUT2D eigenvalue weighted by Crippen LogP contribution is -2.54. The molecule has 3 rings (SSSR count). The first-order chi connectivity index (χ1) is 12.1. The van der Waals surface area contributed by atoms with Gasteiger partial charge >= 0.3 is 0 Å². The summed E-state index contributed by atoms with van der Waals surface area (Å²) in [7, 11) is -1.63. The standard InChI is InChI=1S/C15H25N5O4S.HI/c1-16-15(17-10-13-2-8-23-11-13)19-4-6-20(7-5-19)25(21,22)12-14-3-9-24-18-14;/h3,9,13H,2,4-8,10-12H2,1H3,(H,16,17);1H. The summed E-state index contributed by atoms with van der Waals surface area (Å²) in [4.78, 5) is 6.42. The van der Waals surface area contributed by atoms with Gasteiger partial charge < -0.3 is 19.5 Å². The van der Waals surface area contributed by atoms with Crippen LogP contribution in [-0.2, 0) is 20.5 Å². The molecule has 2 fully saturated rings. The van der Waals surface area contributed by atoms with Crippen molar-refractivity contribution < 1.29 is 17.7 Å². The van der Waals surface area contributed by atoms with Crippen LogP contribution in [-0.4, -0.2) is 81.7 Å². The predicted molar refractivity (Wildman–Crippen MR) is 108 cm³/mol. The molecular formula is C15H26IN5O4S. The molecule has 2 saturated heterocycles. The smallest absolute Gasteiger partial charge is 0.220 e. The van der Waals surface area contributed by atoms with Crippen LogP contribution in [0.1, 0.15) is 12.1 Å². The number of rotatable bonds is 5. The van der Waals surface area contributed by atoms with Crippen LogP contribution in [0.2, 0.25) is 0 Å². The molecule has 0 bridgehead atoms. The van der Waals surface area contributed by atoms with Gasteiger partial charge in [-0.1, -0.05) is 5.16 Å². The molecule has 1 unspecified atom stereocenters. The van der Waals surface area contributed by atoms with Gasteiger partial charge in [-0.25, -0.2) is 8.42 Å². The largest absolute Gasteiger partial charge is 0.381 e. The van der Waals surface area contributed by atoms with E-state index in [0.29, 0.717) is 37.8 Å². The highest BCUT2D eigenvalue weighted by Gasteiger charge is 2.29. The quantitative estimate of drug-likeness (QED) is 0.355. The third kappa shape index (κ3) is 5.54. The van der Waals surface area contributed by atoms with Crippen LogP contribution < -0.4 is 5.32 Å². The molecule has 0 saturated carbocycles. The highest BCUT2D eigenvalue weighted by atomic mass is 127. The minimum absolute atomic E-state index is 0. The maximum Gasteiger partial charge on any atom is 0.220 e. The van der Waals surface area contributed by atoms with Crippen molar-refractivity contribution in [1.82, 2.24) is 19.7 Å². The number of sulfonamides is 1. The lowest BCUT2D eigenvalue weighted by Gasteiger charge is -2.36. The SMILES string of the molecule is CN=C(NCC1CCOC1)N1CCN(S(=O)(=O)Cc2ccon2)CC1.I. The summed E-state index contributed by atoms with van der Waals surface area (Å²) >= 11 is 0. The molecule has 0 radical (unpaired) electrons. The molecule has 1 atom stereocenters. The fourth-order valence-corrected chi connectivity index (χ4v) is 4.51. The van der Waals surface area contributed by atoms with Gasteiger partial charge in [0.25, 0.3) is 0 Å². The van der Waals surface area contributed by atoms with Crippen molar-refractivity contribution >= 4 is 40.0 Å². The van der Waals surface area contributed by atoms with Crippen LogP contribution in [0.4, 0.5) is 0 Å². The molecule has 2 aliphatic rings. The Morgan fingerprint density at radius 1 is 1.38 bits per heavy atom. The van der Waals surface area contributed by atoms with Crippen molar-refractivity contribution in [2.75, 3.05) is 53.0 Å². The van der Waals surface area contributed by atoms with E-state index in [2.05, 4.69) is 20.4 Å². The van der Waals surface area contributed by atoms with Gasteiger partial charge in [0.15, 0.2) is 5.96 Å². The Balaban J connectivity index is 0.00000243. The van der Waals surface area contributed by atoms with Crippen molar-refractivity contribution in [2.24, 2.45) is 10.9 Å². The van der Waals surface area contributed by atoms with Crippen LogP contribution in [0.15, 0.2) is 21.8 Å². The summed E-state index contributed by atoms with van der Waals surface area (Å²) in [6, 6.07) is 1.58. The maximum absolute atomic E-state index is 12.5. The summed E-state index contributed by atoms with van der Waals surface area (Å²) in [5.74, 6) is 1.21. The summed E-state index contributed by atoms with van der Waals surface area (Å²) in [5, 5.41) is 7.06. The second kappa shape index (κ2) is 9.85. The first-order valence-electron chi connectivity index (χ1n) is 8.49. The average molecular weight is 499 g/mol. The molecule has 0 spiro atoms. The lowest BCUT2D eigenvalue weighted by molar-refractivity contribution is 0.185. The zero-order valence-corrected chi connectivity index (χ0v) is 18.0. The van der Waals surface area contributed by atoms with E-state index in [4.69, 9.17) is 9.26 Å². The van der Waals surface area contributed by atoms with E-state index >= 15 is 0 Å². The van der Waals surface area contributed by atoms with Crippen LogP contribution in [0, 0.1) is 5.92 Å². The number of hydrogen-bond donors (Lipinski definition) is 1. The predicted octanol–water partition coefficient (Wildman–Crippen LogP) is 0.352. The molecule has 11 heteroatoms. The summed E-state index contributed by atoms with van der Waals surface area (Å²) in [6.07, 6.45) is 2.45. The van der Waals surface area contributed by atoms with Gasteiger partial charge in [0.05, 0.1) is 12.3 Å². The Kier molecular flexibility index (Phi) is 8.10. The Bertz CT molecular complexity index is 668. The number of aromatic nitrogens is 1. The van der Waals surface area contributed by atoms with E-state index in [1.54, 1.807) is 13.1 Å². The van der Waals surface area contributed by atoms with Crippen molar-refractivity contribution in [3.05, 3.63) is 18.0 Å². The molecule has 148 valence electrons. The third-order valence-electron chi connectivity index (χ3n) is 4.54. The molecule has 26 heavy (non-hydrogen) atoms. The zero-order chi connectivity index (χ0) is 17.7. The Morgan fingerprint density at radius 2 is 2.15 bits per heavy atom. The first kappa shape index (κ1) is 21.4. The maximum atomic E-state index is 12.5. The Hall–Kier alpha value is -0.920. The second-order valence-corrected chi connectivity index (χ2v) is 8.26. The molecule has 0 aliphatic carbocycles. The number of ether oxygens (including phenoxy) is 1. The van der Waals surface area contributed by atoms with Gasteiger partial charge in [-0.2, -0.15) is 4.31 Å².